The molecule has 1 aliphatic heterocycles. The third kappa shape index (κ3) is 2.83. The lowest BCUT2D eigenvalue weighted by atomic mass is 9.90. The highest BCUT2D eigenvalue weighted by molar-refractivity contribution is 6.11. The summed E-state index contributed by atoms with van der Waals surface area (Å²) in [6.07, 6.45) is 0. The number of benzene rings is 3. The first-order valence-corrected chi connectivity index (χ1v) is 9.27. The molecule has 0 N–H and O–H groups in total. The molecule has 0 bridgehead atoms. The maximum atomic E-state index is 12.5. The van der Waals surface area contributed by atoms with Gasteiger partial charge in [0.15, 0.2) is 11.5 Å². The summed E-state index contributed by atoms with van der Waals surface area (Å²) < 4.78 is 16.3. The van der Waals surface area contributed by atoms with Crippen LogP contribution in [-0.4, -0.2) is 33.8 Å². The van der Waals surface area contributed by atoms with Gasteiger partial charge in [-0.25, -0.2) is 4.79 Å². The summed E-state index contributed by atoms with van der Waals surface area (Å²) in [5.74, 6) is 1.01. The molecule has 0 amide bonds. The van der Waals surface area contributed by atoms with E-state index in [0.29, 0.717) is 23.7 Å². The molecule has 5 nitrogen and oxygen atoms in total. The van der Waals surface area contributed by atoms with Gasteiger partial charge in [0.1, 0.15) is 6.61 Å². The molecule has 0 radical (unpaired) electrons. The Morgan fingerprint density at radius 1 is 1.00 bits per heavy atom. The van der Waals surface area contributed by atoms with Gasteiger partial charge in [0, 0.05) is 30.4 Å². The van der Waals surface area contributed by atoms with E-state index in [1.165, 1.54) is 0 Å². The smallest absolute Gasteiger partial charge is 0.339 e. The minimum Gasteiger partial charge on any atom is -0.493 e. The second kappa shape index (κ2) is 7.08. The van der Waals surface area contributed by atoms with Gasteiger partial charge in [0.25, 0.3) is 0 Å². The minimum absolute atomic E-state index is 0.281. The summed E-state index contributed by atoms with van der Waals surface area (Å²) in [4.78, 5) is 14.7. The molecule has 0 aromatic heterocycles. The summed E-state index contributed by atoms with van der Waals surface area (Å²) in [5, 5.41) is 1.92. The number of hydrogen-bond donors (Lipinski definition) is 0. The van der Waals surface area contributed by atoms with Crippen molar-refractivity contribution in [3.63, 3.8) is 0 Å². The summed E-state index contributed by atoms with van der Waals surface area (Å²) >= 11 is 0. The molecule has 0 unspecified atom stereocenters. The van der Waals surface area contributed by atoms with Crippen molar-refractivity contribution in [1.82, 2.24) is 0 Å². The molecule has 0 fully saturated rings. The zero-order chi connectivity index (χ0) is 19.8. The Morgan fingerprint density at radius 3 is 2.32 bits per heavy atom. The van der Waals surface area contributed by atoms with Crippen LogP contribution in [-0.2, 0) is 11.3 Å². The lowest BCUT2D eigenvalue weighted by Crippen LogP contribution is -2.15. The highest BCUT2D eigenvalue weighted by Gasteiger charge is 2.28. The fourth-order valence-electron chi connectivity index (χ4n) is 3.71. The second-order valence-electron chi connectivity index (χ2n) is 6.85. The van der Waals surface area contributed by atoms with E-state index < -0.39 is 0 Å². The number of carbonyl (C=O) groups is 1. The van der Waals surface area contributed by atoms with E-state index in [0.717, 1.165) is 39.7 Å². The van der Waals surface area contributed by atoms with Crippen LogP contribution in [0.25, 0.3) is 21.9 Å². The number of carbonyl (C=O) groups excluding carboxylic acids is 1. The van der Waals surface area contributed by atoms with Gasteiger partial charge < -0.3 is 19.1 Å². The molecular weight excluding hydrogens is 354 g/mol. The van der Waals surface area contributed by atoms with Gasteiger partial charge in [-0.1, -0.05) is 12.1 Å². The average Bonchev–Trinajstić information content (AvgIpc) is 3.10. The van der Waals surface area contributed by atoms with Crippen molar-refractivity contribution < 1.29 is 19.0 Å². The van der Waals surface area contributed by atoms with Gasteiger partial charge in [-0.15, -0.1) is 0 Å². The van der Waals surface area contributed by atoms with E-state index in [2.05, 4.69) is 43.1 Å². The van der Waals surface area contributed by atoms with Crippen LogP contribution in [0.15, 0.2) is 42.5 Å². The quantitative estimate of drug-likeness (QED) is 0.606. The van der Waals surface area contributed by atoms with Gasteiger partial charge in [0.2, 0.25) is 0 Å². The molecule has 3 aromatic rings. The van der Waals surface area contributed by atoms with Crippen LogP contribution in [0.4, 0.5) is 5.69 Å². The Kier molecular flexibility index (Phi) is 4.59. The van der Waals surface area contributed by atoms with Gasteiger partial charge in [-0.3, -0.25) is 0 Å². The molecular formula is C23H23NO4. The van der Waals surface area contributed by atoms with Crippen molar-refractivity contribution in [2.24, 2.45) is 0 Å². The van der Waals surface area contributed by atoms with Crippen LogP contribution in [0.1, 0.15) is 22.8 Å². The lowest BCUT2D eigenvalue weighted by Gasteiger charge is -2.18. The van der Waals surface area contributed by atoms with Crippen LogP contribution in [0.2, 0.25) is 0 Å². The zero-order valence-corrected chi connectivity index (χ0v) is 16.5. The van der Waals surface area contributed by atoms with Crippen LogP contribution in [0, 0.1) is 0 Å². The number of methoxy groups -OCH3 is 2. The topological polar surface area (TPSA) is 48.0 Å². The minimum atomic E-state index is -0.281. The predicted molar refractivity (Wildman–Crippen MR) is 111 cm³/mol. The average molecular weight is 377 g/mol. The van der Waals surface area contributed by atoms with E-state index in [4.69, 9.17) is 14.2 Å². The summed E-state index contributed by atoms with van der Waals surface area (Å²) in [6, 6.07) is 14.1. The number of nitrogens with zero attached hydrogens (tertiary/aromatic N) is 1. The van der Waals surface area contributed by atoms with Crippen molar-refractivity contribution in [2.75, 3.05) is 32.7 Å². The fourth-order valence-corrected chi connectivity index (χ4v) is 3.71. The molecule has 144 valence electrons. The predicted octanol–water partition coefficient (Wildman–Crippen LogP) is 4.65. The molecule has 0 spiro atoms. The Hall–Kier alpha value is -3.21. The van der Waals surface area contributed by atoms with Gasteiger partial charge >= 0.3 is 5.97 Å². The van der Waals surface area contributed by atoms with E-state index in [9.17, 15) is 4.79 Å². The first kappa shape index (κ1) is 18.2. The van der Waals surface area contributed by atoms with Crippen LogP contribution < -0.4 is 14.4 Å². The molecule has 0 atom stereocenters. The normalized spacial score (nSPS) is 12.6. The maximum Gasteiger partial charge on any atom is 0.339 e. The first-order chi connectivity index (χ1) is 13.6. The van der Waals surface area contributed by atoms with Crippen LogP contribution in [0.3, 0.4) is 0 Å². The number of rotatable bonds is 5. The van der Waals surface area contributed by atoms with E-state index in [1.807, 2.05) is 18.2 Å². The molecule has 1 aliphatic rings. The van der Waals surface area contributed by atoms with Crippen molar-refractivity contribution in [2.45, 2.75) is 13.5 Å². The Bertz CT molecular complexity index is 1060. The standard InChI is InChI=1S/C23H23NO4/c1-5-24(2)17-8-6-14(7-9-17)21-18-12-20(27-4)19(26-3)11-15(18)10-16-13-28-23(25)22(16)21/h6-12H,5,13H2,1-4H3. The van der Waals surface area contributed by atoms with E-state index in [1.54, 1.807) is 14.2 Å². The highest BCUT2D eigenvalue weighted by Crippen LogP contribution is 2.42. The Balaban J connectivity index is 2.00. The molecule has 0 saturated heterocycles. The number of esters is 1. The number of anilines is 1. The van der Waals surface area contributed by atoms with Crippen LogP contribution in [0.5, 0.6) is 11.5 Å². The SMILES string of the molecule is CCN(C)c1ccc(-c2c3c(cc4cc(OC)c(OC)cc24)COC3=O)cc1. The molecule has 0 aliphatic carbocycles. The highest BCUT2D eigenvalue weighted by atomic mass is 16.5. The van der Waals surface area contributed by atoms with E-state index in [-0.39, 0.29) is 5.97 Å². The first-order valence-electron chi connectivity index (χ1n) is 9.27. The van der Waals surface area contributed by atoms with Crippen molar-refractivity contribution in [3.05, 3.63) is 53.6 Å². The molecule has 5 heteroatoms. The summed E-state index contributed by atoms with van der Waals surface area (Å²) in [6.45, 7) is 3.33. The third-order valence-electron chi connectivity index (χ3n) is 5.36. The third-order valence-corrected chi connectivity index (χ3v) is 5.36. The summed E-state index contributed by atoms with van der Waals surface area (Å²) in [5.41, 5.74) is 4.51. The van der Waals surface area contributed by atoms with E-state index >= 15 is 0 Å². The lowest BCUT2D eigenvalue weighted by molar-refractivity contribution is 0.0535. The van der Waals surface area contributed by atoms with Gasteiger partial charge in [-0.05, 0) is 53.6 Å². The van der Waals surface area contributed by atoms with Gasteiger partial charge in [-0.2, -0.15) is 0 Å². The monoisotopic (exact) mass is 377 g/mol. The van der Waals surface area contributed by atoms with Crippen molar-refractivity contribution in [3.8, 4) is 22.6 Å². The maximum absolute atomic E-state index is 12.5. The van der Waals surface area contributed by atoms with Crippen molar-refractivity contribution >= 4 is 22.4 Å². The molecule has 1 heterocycles. The Labute approximate surface area is 164 Å². The fraction of sp³-hybridized carbons (Fsp3) is 0.261. The summed E-state index contributed by atoms with van der Waals surface area (Å²) in [7, 11) is 5.28. The van der Waals surface area contributed by atoms with Crippen LogP contribution >= 0.6 is 0 Å². The molecule has 3 aromatic carbocycles. The number of ether oxygens (including phenoxy) is 3. The number of cyclic esters (lactones) is 1. The molecule has 28 heavy (non-hydrogen) atoms. The number of hydrogen-bond acceptors (Lipinski definition) is 5. The Morgan fingerprint density at radius 2 is 1.68 bits per heavy atom. The van der Waals surface area contributed by atoms with Crippen molar-refractivity contribution in [1.29, 1.82) is 0 Å². The van der Waals surface area contributed by atoms with Gasteiger partial charge in [0.05, 0.1) is 19.8 Å². The second-order valence-corrected chi connectivity index (χ2v) is 6.85. The number of fused-ring (bicyclic) bond motifs is 2. The molecule has 4 rings (SSSR count). The largest absolute Gasteiger partial charge is 0.493 e. The zero-order valence-electron chi connectivity index (χ0n) is 16.5. The molecule has 0 saturated carbocycles.